The number of hydrazone groups is 1. The molecule has 3 aromatic rings. The lowest BCUT2D eigenvalue weighted by atomic mass is 10.2. The summed E-state index contributed by atoms with van der Waals surface area (Å²) in [5.41, 5.74) is 2.54. The van der Waals surface area contributed by atoms with Crippen LogP contribution in [0.25, 0.3) is 5.69 Å². The quantitative estimate of drug-likeness (QED) is 0.431. The first-order chi connectivity index (χ1) is 13.3. The minimum Gasteiger partial charge on any atom is -0.316 e. The van der Waals surface area contributed by atoms with Gasteiger partial charge in [-0.2, -0.15) is 18.3 Å². The Morgan fingerprint density at radius 1 is 1.07 bits per heavy atom. The van der Waals surface area contributed by atoms with E-state index >= 15 is 0 Å². The summed E-state index contributed by atoms with van der Waals surface area (Å²) in [5.74, 6) is -0.546. The van der Waals surface area contributed by atoms with Crippen molar-refractivity contribution in [3.8, 4) is 5.69 Å². The molecule has 0 fully saturated rings. The molecule has 0 aliphatic carbocycles. The van der Waals surface area contributed by atoms with Gasteiger partial charge in [-0.05, 0) is 48.5 Å². The molecule has 1 amide bonds. The van der Waals surface area contributed by atoms with Crippen molar-refractivity contribution in [2.24, 2.45) is 5.10 Å². The molecule has 0 spiro atoms. The van der Waals surface area contributed by atoms with Gasteiger partial charge in [-0.15, -0.1) is 0 Å². The minimum absolute atomic E-state index is 0.174. The largest absolute Gasteiger partial charge is 0.416 e. The second-order valence-electron chi connectivity index (χ2n) is 5.67. The van der Waals surface area contributed by atoms with Crippen molar-refractivity contribution < 1.29 is 18.0 Å². The number of carbonyl (C=O) groups is 1. The van der Waals surface area contributed by atoms with Crippen LogP contribution in [0.5, 0.6) is 0 Å². The summed E-state index contributed by atoms with van der Waals surface area (Å²) < 4.78 is 40.3. The summed E-state index contributed by atoms with van der Waals surface area (Å²) in [6, 6.07) is 12.6. The molecule has 0 aliphatic rings. The summed E-state index contributed by atoms with van der Waals surface area (Å²) in [4.78, 5) is 12.1. The fourth-order valence-corrected chi connectivity index (χ4v) is 2.95. The lowest BCUT2D eigenvalue weighted by molar-refractivity contribution is -0.137. The molecule has 0 atom stereocenters. The van der Waals surface area contributed by atoms with Gasteiger partial charge in [-0.1, -0.05) is 29.3 Å². The fourth-order valence-electron chi connectivity index (χ4n) is 2.46. The average Bonchev–Trinajstić information content (AvgIpc) is 3.09. The Balaban J connectivity index is 1.78. The number of nitrogens with one attached hydrogen (secondary N) is 1. The molecular formula is C19H12Cl2F3N3O. The number of alkyl halides is 3. The van der Waals surface area contributed by atoms with Crippen LogP contribution in [-0.4, -0.2) is 16.7 Å². The number of hydrogen-bond donors (Lipinski definition) is 1. The van der Waals surface area contributed by atoms with E-state index in [1.807, 2.05) is 0 Å². The van der Waals surface area contributed by atoms with Gasteiger partial charge in [0.25, 0.3) is 5.91 Å². The van der Waals surface area contributed by atoms with Crippen LogP contribution >= 0.6 is 23.2 Å². The Hall–Kier alpha value is -2.77. The van der Waals surface area contributed by atoms with Crippen molar-refractivity contribution in [3.63, 3.8) is 0 Å². The second kappa shape index (κ2) is 8.08. The lowest BCUT2D eigenvalue weighted by Gasteiger charge is -2.11. The lowest BCUT2D eigenvalue weighted by Crippen LogP contribution is -2.18. The number of rotatable bonds is 4. The van der Waals surface area contributed by atoms with Crippen LogP contribution in [0.1, 0.15) is 21.6 Å². The summed E-state index contributed by atoms with van der Waals surface area (Å²) >= 11 is 11.8. The van der Waals surface area contributed by atoms with Crippen molar-refractivity contribution in [1.29, 1.82) is 0 Å². The second-order valence-corrected chi connectivity index (χ2v) is 6.52. The first kappa shape index (κ1) is 20.0. The maximum Gasteiger partial charge on any atom is 0.416 e. The van der Waals surface area contributed by atoms with E-state index in [0.717, 1.165) is 12.1 Å². The van der Waals surface area contributed by atoms with E-state index < -0.39 is 17.6 Å². The van der Waals surface area contributed by atoms with E-state index in [1.165, 1.54) is 35.0 Å². The van der Waals surface area contributed by atoms with Crippen LogP contribution in [0.15, 0.2) is 65.9 Å². The normalized spacial score (nSPS) is 11.8. The van der Waals surface area contributed by atoms with Crippen LogP contribution in [-0.2, 0) is 6.18 Å². The molecule has 2 aromatic carbocycles. The standard InChI is InChI=1S/C19H12Cl2F3N3O/c20-13-6-7-16(17(21)10-13)18(28)26-25-11-15-5-2-8-27(15)14-4-1-3-12(9-14)19(22,23)24/h1-11H,(H,26,28)/b25-11-. The van der Waals surface area contributed by atoms with E-state index in [1.54, 1.807) is 24.4 Å². The van der Waals surface area contributed by atoms with Crippen molar-refractivity contribution >= 4 is 35.3 Å². The maximum absolute atomic E-state index is 12.9. The molecule has 0 saturated carbocycles. The number of benzene rings is 2. The van der Waals surface area contributed by atoms with E-state index in [0.29, 0.717) is 16.4 Å². The highest BCUT2D eigenvalue weighted by molar-refractivity contribution is 6.36. The molecule has 1 aromatic heterocycles. The summed E-state index contributed by atoms with van der Waals surface area (Å²) in [5, 5.41) is 4.42. The maximum atomic E-state index is 12.9. The molecule has 28 heavy (non-hydrogen) atoms. The average molecular weight is 426 g/mol. The van der Waals surface area contributed by atoms with Crippen molar-refractivity contribution in [1.82, 2.24) is 9.99 Å². The zero-order valence-electron chi connectivity index (χ0n) is 14.0. The summed E-state index contributed by atoms with van der Waals surface area (Å²) in [6.07, 6.45) is -1.53. The third-order valence-electron chi connectivity index (χ3n) is 3.77. The number of hydrogen-bond acceptors (Lipinski definition) is 2. The van der Waals surface area contributed by atoms with Gasteiger partial charge in [0.05, 0.1) is 28.1 Å². The minimum atomic E-state index is -4.44. The Bertz CT molecular complexity index is 1040. The van der Waals surface area contributed by atoms with E-state index in [2.05, 4.69) is 10.5 Å². The number of aromatic nitrogens is 1. The molecule has 3 rings (SSSR count). The Morgan fingerprint density at radius 2 is 1.86 bits per heavy atom. The first-order valence-corrected chi connectivity index (χ1v) is 8.65. The van der Waals surface area contributed by atoms with Gasteiger partial charge in [0.2, 0.25) is 0 Å². The van der Waals surface area contributed by atoms with Gasteiger partial charge in [0, 0.05) is 16.9 Å². The zero-order valence-corrected chi connectivity index (χ0v) is 15.6. The third kappa shape index (κ3) is 4.55. The summed E-state index contributed by atoms with van der Waals surface area (Å²) in [6.45, 7) is 0. The molecule has 4 nitrogen and oxygen atoms in total. The highest BCUT2D eigenvalue weighted by atomic mass is 35.5. The van der Waals surface area contributed by atoms with Crippen molar-refractivity contribution in [2.75, 3.05) is 0 Å². The van der Waals surface area contributed by atoms with Crippen LogP contribution in [0.3, 0.4) is 0 Å². The van der Waals surface area contributed by atoms with Gasteiger partial charge in [-0.25, -0.2) is 5.43 Å². The topological polar surface area (TPSA) is 46.4 Å². The number of halogens is 5. The third-order valence-corrected chi connectivity index (χ3v) is 4.32. The molecule has 0 unspecified atom stereocenters. The Kier molecular flexibility index (Phi) is 5.76. The molecule has 1 N–H and O–H groups in total. The first-order valence-electron chi connectivity index (χ1n) is 7.89. The molecule has 0 aliphatic heterocycles. The van der Waals surface area contributed by atoms with Crippen molar-refractivity contribution in [2.45, 2.75) is 6.18 Å². The van der Waals surface area contributed by atoms with Gasteiger partial charge in [0.15, 0.2) is 0 Å². The molecule has 1 heterocycles. The Labute approximate surface area is 168 Å². The molecule has 0 radical (unpaired) electrons. The van der Waals surface area contributed by atoms with Gasteiger partial charge in [0.1, 0.15) is 0 Å². The van der Waals surface area contributed by atoms with Crippen LogP contribution < -0.4 is 5.43 Å². The monoisotopic (exact) mass is 425 g/mol. The summed E-state index contributed by atoms with van der Waals surface area (Å²) in [7, 11) is 0. The molecule has 0 saturated heterocycles. The number of nitrogens with zero attached hydrogens (tertiary/aromatic N) is 2. The van der Waals surface area contributed by atoms with Gasteiger partial charge < -0.3 is 4.57 Å². The molecule has 144 valence electrons. The van der Waals surface area contributed by atoms with Crippen LogP contribution in [0, 0.1) is 0 Å². The van der Waals surface area contributed by atoms with Gasteiger partial charge in [-0.3, -0.25) is 4.79 Å². The number of carbonyl (C=O) groups excluding carboxylic acids is 1. The van der Waals surface area contributed by atoms with Crippen LogP contribution in [0.4, 0.5) is 13.2 Å². The van der Waals surface area contributed by atoms with Crippen molar-refractivity contribution in [3.05, 3.63) is 87.7 Å². The zero-order chi connectivity index (χ0) is 20.3. The molecule has 0 bridgehead atoms. The van der Waals surface area contributed by atoms with Crippen LogP contribution in [0.2, 0.25) is 10.0 Å². The molecule has 9 heteroatoms. The Morgan fingerprint density at radius 3 is 2.57 bits per heavy atom. The highest BCUT2D eigenvalue weighted by Crippen LogP contribution is 2.30. The highest BCUT2D eigenvalue weighted by Gasteiger charge is 2.30. The predicted octanol–water partition coefficient (Wildman–Crippen LogP) is 5.57. The fraction of sp³-hybridized carbons (Fsp3) is 0.0526. The van der Waals surface area contributed by atoms with E-state index in [-0.39, 0.29) is 10.6 Å². The van der Waals surface area contributed by atoms with Gasteiger partial charge >= 0.3 is 6.18 Å². The van der Waals surface area contributed by atoms with E-state index in [9.17, 15) is 18.0 Å². The predicted molar refractivity (Wildman–Crippen MR) is 102 cm³/mol. The number of amides is 1. The smallest absolute Gasteiger partial charge is 0.316 e. The van der Waals surface area contributed by atoms with E-state index in [4.69, 9.17) is 23.2 Å². The SMILES string of the molecule is O=C(N/N=C\c1cccn1-c1cccc(C(F)(F)F)c1)c1ccc(Cl)cc1Cl. The molecular weight excluding hydrogens is 414 g/mol.